The Bertz CT molecular complexity index is 1140. The summed E-state index contributed by atoms with van der Waals surface area (Å²) in [5.41, 5.74) is 4.70. The first kappa shape index (κ1) is 20.9. The number of rotatable bonds is 6. The quantitative estimate of drug-likeness (QED) is 0.585. The van der Waals surface area contributed by atoms with E-state index < -0.39 is 13.0 Å². The minimum Gasteiger partial charge on any atom is -0.492 e. The first-order chi connectivity index (χ1) is 14.8. The third-order valence-electron chi connectivity index (χ3n) is 5.32. The highest BCUT2D eigenvalue weighted by Gasteiger charge is 2.38. The van der Waals surface area contributed by atoms with Crippen LogP contribution in [0.15, 0.2) is 30.7 Å². The maximum atomic E-state index is 13.2. The van der Waals surface area contributed by atoms with Crippen molar-refractivity contribution in [3.8, 4) is 17.0 Å². The number of aryl methyl sites for hydroxylation is 2. The zero-order chi connectivity index (χ0) is 22.3. The van der Waals surface area contributed by atoms with Gasteiger partial charge in [-0.05, 0) is 45.4 Å². The van der Waals surface area contributed by atoms with Crippen molar-refractivity contribution in [3.63, 3.8) is 0 Å². The van der Waals surface area contributed by atoms with Crippen molar-refractivity contribution < 1.29 is 18.3 Å². The van der Waals surface area contributed by atoms with Gasteiger partial charge in [0, 0.05) is 18.0 Å². The fourth-order valence-electron chi connectivity index (χ4n) is 3.86. The van der Waals surface area contributed by atoms with Crippen LogP contribution in [-0.4, -0.2) is 38.7 Å². The molecule has 7 nitrogen and oxygen atoms in total. The maximum absolute atomic E-state index is 13.2. The van der Waals surface area contributed by atoms with Crippen LogP contribution in [0.1, 0.15) is 47.2 Å². The Labute approximate surface area is 178 Å². The van der Waals surface area contributed by atoms with Crippen LogP contribution in [0, 0.1) is 13.8 Å². The fraction of sp³-hybridized carbons (Fsp3) is 0.364. The summed E-state index contributed by atoms with van der Waals surface area (Å²) < 4.78 is 32.1. The maximum Gasteiger partial charge on any atom is 0.261 e. The van der Waals surface area contributed by atoms with Gasteiger partial charge in [0.15, 0.2) is 0 Å². The van der Waals surface area contributed by atoms with Crippen molar-refractivity contribution in [1.29, 1.82) is 0 Å². The largest absolute Gasteiger partial charge is 0.492 e. The van der Waals surface area contributed by atoms with E-state index in [2.05, 4.69) is 10.1 Å². The Balaban J connectivity index is 1.72. The Morgan fingerprint density at radius 2 is 2.00 bits per heavy atom. The van der Waals surface area contributed by atoms with Gasteiger partial charge in [-0.2, -0.15) is 5.10 Å². The van der Waals surface area contributed by atoms with Crippen LogP contribution in [0.25, 0.3) is 11.3 Å². The summed E-state index contributed by atoms with van der Waals surface area (Å²) in [4.78, 5) is 23.9. The van der Waals surface area contributed by atoms with Crippen LogP contribution >= 0.6 is 0 Å². The second kappa shape index (κ2) is 8.05. The van der Waals surface area contributed by atoms with Gasteiger partial charge in [-0.15, -0.1) is 0 Å². The number of fused-ring (bicyclic) bond motifs is 1. The van der Waals surface area contributed by atoms with Crippen molar-refractivity contribution in [2.45, 2.75) is 46.7 Å². The second-order valence-electron chi connectivity index (χ2n) is 7.49. The molecule has 3 aromatic rings. The van der Waals surface area contributed by atoms with E-state index >= 15 is 0 Å². The Hall–Kier alpha value is -3.36. The van der Waals surface area contributed by atoms with Gasteiger partial charge in [0.25, 0.3) is 12.3 Å². The highest BCUT2D eigenvalue weighted by Crippen LogP contribution is 2.39. The van der Waals surface area contributed by atoms with Gasteiger partial charge in [-0.3, -0.25) is 19.4 Å². The van der Waals surface area contributed by atoms with Crippen molar-refractivity contribution in [2.75, 3.05) is 11.5 Å². The molecule has 0 aliphatic carbocycles. The normalized spacial score (nSPS) is 15.6. The minimum atomic E-state index is -2.52. The molecule has 1 aliphatic rings. The highest BCUT2D eigenvalue weighted by molar-refractivity contribution is 6.11. The molecule has 0 spiro atoms. The molecule has 9 heteroatoms. The molecule has 3 aromatic heterocycles. The van der Waals surface area contributed by atoms with Gasteiger partial charge in [-0.1, -0.05) is 0 Å². The van der Waals surface area contributed by atoms with Crippen LogP contribution < -0.4 is 9.64 Å². The summed E-state index contributed by atoms with van der Waals surface area (Å²) in [6, 6.07) is 3.39. The SMILES string of the molecule is CCOc1cc(-c2cc(C)c3c(n2)C(C)N(c2cnn(CC(F)F)c2)C3=O)cnc1C. The van der Waals surface area contributed by atoms with E-state index in [1.54, 1.807) is 11.1 Å². The summed E-state index contributed by atoms with van der Waals surface area (Å²) in [5, 5.41) is 3.96. The number of anilines is 1. The molecule has 0 aromatic carbocycles. The van der Waals surface area contributed by atoms with Crippen molar-refractivity contribution in [1.82, 2.24) is 19.7 Å². The Morgan fingerprint density at radius 3 is 2.71 bits per heavy atom. The number of halogens is 2. The predicted molar refractivity (Wildman–Crippen MR) is 112 cm³/mol. The molecule has 1 unspecified atom stereocenters. The molecule has 4 rings (SSSR count). The molecule has 162 valence electrons. The number of amides is 1. The van der Waals surface area contributed by atoms with E-state index in [0.29, 0.717) is 35.0 Å². The molecule has 1 atom stereocenters. The summed E-state index contributed by atoms with van der Waals surface area (Å²) in [5.74, 6) is 0.477. The average Bonchev–Trinajstić information content (AvgIpc) is 3.25. The fourth-order valence-corrected chi connectivity index (χ4v) is 3.86. The average molecular weight is 427 g/mol. The zero-order valence-corrected chi connectivity index (χ0v) is 17.8. The number of alkyl halides is 2. The number of carbonyl (C=O) groups is 1. The molecule has 0 bridgehead atoms. The van der Waals surface area contributed by atoms with Crippen molar-refractivity contribution in [3.05, 3.63) is 53.2 Å². The van der Waals surface area contributed by atoms with Gasteiger partial charge in [0.1, 0.15) is 12.3 Å². The first-order valence-electron chi connectivity index (χ1n) is 10.1. The van der Waals surface area contributed by atoms with Crippen LogP contribution in [0.3, 0.4) is 0 Å². The van der Waals surface area contributed by atoms with Gasteiger partial charge in [0.2, 0.25) is 0 Å². The van der Waals surface area contributed by atoms with Gasteiger partial charge in [-0.25, -0.2) is 13.8 Å². The van der Waals surface area contributed by atoms with Gasteiger partial charge < -0.3 is 4.74 Å². The molecular formula is C22H23F2N5O2. The number of ether oxygens (including phenoxy) is 1. The summed E-state index contributed by atoms with van der Waals surface area (Å²) in [6.45, 7) is 7.53. The van der Waals surface area contributed by atoms with E-state index in [-0.39, 0.29) is 11.9 Å². The number of hydrogen-bond acceptors (Lipinski definition) is 5. The number of nitrogens with zero attached hydrogens (tertiary/aromatic N) is 5. The van der Waals surface area contributed by atoms with Crippen molar-refractivity contribution in [2.24, 2.45) is 0 Å². The molecule has 1 amide bonds. The van der Waals surface area contributed by atoms with Crippen LogP contribution in [-0.2, 0) is 6.54 Å². The third-order valence-corrected chi connectivity index (χ3v) is 5.32. The summed E-state index contributed by atoms with van der Waals surface area (Å²) in [7, 11) is 0. The van der Waals surface area contributed by atoms with Crippen LogP contribution in [0.5, 0.6) is 5.75 Å². The lowest BCUT2D eigenvalue weighted by molar-refractivity contribution is 0.0992. The smallest absolute Gasteiger partial charge is 0.261 e. The van der Waals surface area contributed by atoms with Gasteiger partial charge >= 0.3 is 0 Å². The number of carbonyl (C=O) groups excluding carboxylic acids is 1. The standard InChI is InChI=1S/C22H23F2N5O2/c1-5-31-18-7-15(8-25-13(18)3)17-6-12(2)20-21(27-17)14(4)29(22(20)30)16-9-26-28(10-16)11-19(23)24/h6-10,14,19H,5,11H2,1-4H3. The summed E-state index contributed by atoms with van der Waals surface area (Å²) in [6.07, 6.45) is 2.10. The van der Waals surface area contributed by atoms with E-state index in [1.165, 1.54) is 12.4 Å². The van der Waals surface area contributed by atoms with Crippen molar-refractivity contribution >= 4 is 11.6 Å². The van der Waals surface area contributed by atoms with E-state index in [1.807, 2.05) is 39.8 Å². The number of hydrogen-bond donors (Lipinski definition) is 0. The van der Waals surface area contributed by atoms with Gasteiger partial charge in [0.05, 0.1) is 47.2 Å². The molecule has 0 saturated heterocycles. The second-order valence-corrected chi connectivity index (χ2v) is 7.49. The lowest BCUT2D eigenvalue weighted by atomic mass is 10.0. The Kier molecular flexibility index (Phi) is 5.43. The van der Waals surface area contributed by atoms with E-state index in [4.69, 9.17) is 9.72 Å². The molecule has 31 heavy (non-hydrogen) atoms. The molecular weight excluding hydrogens is 404 g/mol. The lowest BCUT2D eigenvalue weighted by Gasteiger charge is -2.19. The molecule has 0 N–H and O–H groups in total. The molecule has 4 heterocycles. The summed E-state index contributed by atoms with van der Waals surface area (Å²) >= 11 is 0. The highest BCUT2D eigenvalue weighted by atomic mass is 19.3. The number of pyridine rings is 2. The third kappa shape index (κ3) is 3.75. The molecule has 0 saturated carbocycles. The van der Waals surface area contributed by atoms with Crippen LogP contribution in [0.4, 0.5) is 14.5 Å². The monoisotopic (exact) mass is 427 g/mol. The van der Waals surface area contributed by atoms with E-state index in [9.17, 15) is 13.6 Å². The Morgan fingerprint density at radius 1 is 1.23 bits per heavy atom. The number of aromatic nitrogens is 4. The first-order valence-corrected chi connectivity index (χ1v) is 10.1. The molecule has 0 radical (unpaired) electrons. The molecule has 1 aliphatic heterocycles. The lowest BCUT2D eigenvalue weighted by Crippen LogP contribution is -2.26. The predicted octanol–water partition coefficient (Wildman–Crippen LogP) is 4.34. The topological polar surface area (TPSA) is 73.1 Å². The van der Waals surface area contributed by atoms with Crippen LogP contribution in [0.2, 0.25) is 0 Å². The zero-order valence-electron chi connectivity index (χ0n) is 17.8. The minimum absolute atomic E-state index is 0.215. The molecule has 0 fully saturated rings. The van der Waals surface area contributed by atoms with E-state index in [0.717, 1.165) is 21.5 Å².